The van der Waals surface area contributed by atoms with Crippen LogP contribution in [-0.2, 0) is 6.54 Å². The van der Waals surface area contributed by atoms with Crippen LogP contribution in [-0.4, -0.2) is 23.6 Å². The van der Waals surface area contributed by atoms with Crippen molar-refractivity contribution in [2.24, 2.45) is 0 Å². The molecule has 0 bridgehead atoms. The van der Waals surface area contributed by atoms with Gasteiger partial charge in [-0.3, -0.25) is 0 Å². The number of thioether (sulfide) groups is 1. The number of aryl methyl sites for hydroxylation is 1. The highest BCUT2D eigenvalue weighted by Gasteiger charge is 2.03. The van der Waals surface area contributed by atoms with Gasteiger partial charge in [0.2, 0.25) is 0 Å². The smallest absolute Gasteiger partial charge is 0.0304 e. The summed E-state index contributed by atoms with van der Waals surface area (Å²) in [5.74, 6) is 1.25. The molecule has 0 fully saturated rings. The molecule has 3 heteroatoms. The monoisotopic (exact) mass is 212 g/mol. The van der Waals surface area contributed by atoms with Crippen molar-refractivity contribution in [3.63, 3.8) is 0 Å². The minimum absolute atomic E-state index is 0.455. The molecule has 0 saturated carbocycles. The Kier molecular flexibility index (Phi) is 5.12. The highest BCUT2D eigenvalue weighted by Crippen LogP contribution is 2.12. The van der Waals surface area contributed by atoms with Crippen LogP contribution in [0.1, 0.15) is 24.9 Å². The third kappa shape index (κ3) is 3.39. The van der Waals surface area contributed by atoms with Crippen LogP contribution in [0.25, 0.3) is 0 Å². The van der Waals surface area contributed by atoms with E-state index in [0.29, 0.717) is 6.04 Å². The van der Waals surface area contributed by atoms with Crippen LogP contribution in [0.5, 0.6) is 0 Å². The third-order valence-electron chi connectivity index (χ3n) is 2.47. The molecular formula is C11H20N2S. The minimum atomic E-state index is 0.455. The molecule has 0 aliphatic heterocycles. The van der Waals surface area contributed by atoms with Crippen molar-refractivity contribution in [2.75, 3.05) is 19.1 Å². The summed E-state index contributed by atoms with van der Waals surface area (Å²) in [6, 6.07) is 2.65. The highest BCUT2D eigenvalue weighted by molar-refractivity contribution is 7.98. The molecule has 0 aliphatic carbocycles. The molecule has 1 aromatic heterocycles. The van der Waals surface area contributed by atoms with Crippen LogP contribution in [0.4, 0.5) is 0 Å². The van der Waals surface area contributed by atoms with E-state index in [4.69, 9.17) is 0 Å². The summed E-state index contributed by atoms with van der Waals surface area (Å²) in [6.07, 6.45) is 7.82. The van der Waals surface area contributed by atoms with Crippen LogP contribution >= 0.6 is 11.8 Å². The summed E-state index contributed by atoms with van der Waals surface area (Å²) >= 11 is 1.91. The molecule has 0 spiro atoms. The Morgan fingerprint density at radius 1 is 1.57 bits per heavy atom. The lowest BCUT2D eigenvalue weighted by atomic mass is 10.2. The fourth-order valence-electron chi connectivity index (χ4n) is 1.41. The van der Waals surface area contributed by atoms with Gasteiger partial charge in [-0.2, -0.15) is 11.8 Å². The zero-order chi connectivity index (χ0) is 10.4. The lowest BCUT2D eigenvalue weighted by molar-refractivity contribution is 0.641. The molecule has 1 N–H and O–H groups in total. The van der Waals surface area contributed by atoms with E-state index in [1.54, 1.807) is 0 Å². The Balaban J connectivity index is 2.42. The molecule has 0 aliphatic rings. The molecule has 80 valence electrons. The van der Waals surface area contributed by atoms with E-state index in [9.17, 15) is 0 Å². The first-order valence-electron chi connectivity index (χ1n) is 5.09. The Labute approximate surface area is 91.1 Å². The Hall–Kier alpha value is -0.410. The maximum absolute atomic E-state index is 3.24. The topological polar surface area (TPSA) is 17.0 Å². The maximum Gasteiger partial charge on any atom is 0.0304 e. The van der Waals surface area contributed by atoms with Crippen LogP contribution in [0.2, 0.25) is 0 Å². The van der Waals surface area contributed by atoms with Crippen LogP contribution < -0.4 is 5.32 Å². The van der Waals surface area contributed by atoms with Crippen molar-refractivity contribution < 1.29 is 0 Å². The second-order valence-electron chi connectivity index (χ2n) is 3.54. The maximum atomic E-state index is 3.24. The predicted octanol–water partition coefficient (Wildman–Crippen LogP) is 2.52. The Bertz CT molecular complexity index is 258. The number of aromatic nitrogens is 1. The zero-order valence-corrected chi connectivity index (χ0v) is 10.1. The molecule has 14 heavy (non-hydrogen) atoms. The molecule has 1 rings (SSSR count). The van der Waals surface area contributed by atoms with Gasteiger partial charge >= 0.3 is 0 Å². The number of rotatable bonds is 6. The Morgan fingerprint density at radius 2 is 2.36 bits per heavy atom. The van der Waals surface area contributed by atoms with Crippen molar-refractivity contribution in [2.45, 2.75) is 25.9 Å². The first-order chi connectivity index (χ1) is 6.77. The third-order valence-corrected chi connectivity index (χ3v) is 3.17. The summed E-state index contributed by atoms with van der Waals surface area (Å²) in [4.78, 5) is 0. The van der Waals surface area contributed by atoms with E-state index in [2.05, 4.69) is 41.5 Å². The molecule has 1 heterocycles. The molecule has 1 aromatic rings. The highest BCUT2D eigenvalue weighted by atomic mass is 32.2. The molecule has 0 amide bonds. The lowest BCUT2D eigenvalue weighted by Crippen LogP contribution is -2.11. The van der Waals surface area contributed by atoms with Gasteiger partial charge in [0.25, 0.3) is 0 Å². The van der Waals surface area contributed by atoms with Gasteiger partial charge in [0.1, 0.15) is 0 Å². The summed E-state index contributed by atoms with van der Waals surface area (Å²) in [6.45, 7) is 3.32. The van der Waals surface area contributed by atoms with E-state index >= 15 is 0 Å². The predicted molar refractivity (Wildman–Crippen MR) is 64.9 cm³/mol. The number of hydrogen-bond acceptors (Lipinski definition) is 2. The fourth-order valence-corrected chi connectivity index (χ4v) is 1.83. The van der Waals surface area contributed by atoms with E-state index in [1.165, 1.54) is 17.7 Å². The van der Waals surface area contributed by atoms with Gasteiger partial charge in [0, 0.05) is 25.0 Å². The summed E-state index contributed by atoms with van der Waals surface area (Å²) < 4.78 is 2.28. The minimum Gasteiger partial charge on any atom is -0.354 e. The van der Waals surface area contributed by atoms with Gasteiger partial charge in [0.15, 0.2) is 0 Å². The zero-order valence-electron chi connectivity index (χ0n) is 9.29. The van der Waals surface area contributed by atoms with Crippen molar-refractivity contribution in [1.82, 2.24) is 9.88 Å². The van der Waals surface area contributed by atoms with Gasteiger partial charge < -0.3 is 9.88 Å². The van der Waals surface area contributed by atoms with Crippen molar-refractivity contribution in [3.05, 3.63) is 24.0 Å². The van der Waals surface area contributed by atoms with Crippen molar-refractivity contribution in [1.29, 1.82) is 0 Å². The van der Waals surface area contributed by atoms with E-state index < -0.39 is 0 Å². The normalized spacial score (nSPS) is 13.1. The molecule has 0 saturated heterocycles. The second-order valence-corrected chi connectivity index (χ2v) is 4.52. The van der Waals surface area contributed by atoms with E-state index in [-0.39, 0.29) is 0 Å². The standard InChI is InChI=1S/C11H20N2S/c1-10(12-2)11-5-7-13(9-11)6-4-8-14-3/h5,7,9-10,12H,4,6,8H2,1-3H3. The molecule has 0 aromatic carbocycles. The quantitative estimate of drug-likeness (QED) is 0.730. The molecule has 2 nitrogen and oxygen atoms in total. The molecule has 1 atom stereocenters. The first kappa shape index (κ1) is 11.7. The van der Waals surface area contributed by atoms with Crippen molar-refractivity contribution in [3.8, 4) is 0 Å². The number of hydrogen-bond donors (Lipinski definition) is 1. The summed E-state index contributed by atoms with van der Waals surface area (Å²) in [5.41, 5.74) is 1.37. The fraction of sp³-hybridized carbons (Fsp3) is 0.636. The second kappa shape index (κ2) is 6.14. The van der Waals surface area contributed by atoms with Crippen LogP contribution in [0.3, 0.4) is 0 Å². The molecule has 1 unspecified atom stereocenters. The first-order valence-corrected chi connectivity index (χ1v) is 6.49. The number of nitrogens with zero attached hydrogens (tertiary/aromatic N) is 1. The average Bonchev–Trinajstić information content (AvgIpc) is 2.66. The SMILES string of the molecule is CNC(C)c1ccn(CCCSC)c1. The van der Waals surface area contributed by atoms with E-state index in [1.807, 2.05) is 18.8 Å². The molecule has 0 radical (unpaired) electrons. The summed E-state index contributed by atoms with van der Waals surface area (Å²) in [7, 11) is 2.00. The van der Waals surface area contributed by atoms with Gasteiger partial charge in [-0.1, -0.05) is 0 Å². The summed E-state index contributed by atoms with van der Waals surface area (Å²) in [5, 5.41) is 3.24. The van der Waals surface area contributed by atoms with Crippen LogP contribution in [0.15, 0.2) is 18.5 Å². The largest absolute Gasteiger partial charge is 0.354 e. The van der Waals surface area contributed by atoms with Gasteiger partial charge in [-0.05, 0) is 44.0 Å². The Morgan fingerprint density at radius 3 is 3.00 bits per heavy atom. The molecular weight excluding hydrogens is 192 g/mol. The van der Waals surface area contributed by atoms with Crippen LogP contribution in [0, 0.1) is 0 Å². The lowest BCUT2D eigenvalue weighted by Gasteiger charge is -2.07. The van der Waals surface area contributed by atoms with Gasteiger partial charge in [-0.15, -0.1) is 0 Å². The van der Waals surface area contributed by atoms with Gasteiger partial charge in [0.05, 0.1) is 0 Å². The van der Waals surface area contributed by atoms with E-state index in [0.717, 1.165) is 6.54 Å². The number of nitrogens with one attached hydrogen (secondary N) is 1. The average molecular weight is 212 g/mol. The van der Waals surface area contributed by atoms with Gasteiger partial charge in [-0.25, -0.2) is 0 Å². The van der Waals surface area contributed by atoms with Crippen molar-refractivity contribution >= 4 is 11.8 Å².